The standard InChI is InChI=1S/C44H53ClN8O15/c45-28-5-4-25(35(56)38-36(57)37(58)44(68-38)52-11-8-27-39(46)49-24-50-40(27)52)22-31(28)67-23-33(55)48-10-13-63-15-17-65-19-21-66-20-18-64-16-14-62-12-9-47-29-3-1-2-26-34(29)43(61)53(42(26)60)30-6-7-32(54)51-41(30)59/h1-5,8,11,22,24,30,35-38,44,47,56-58H,6-7,9-10,12-21,23H2,(H,48,55)(H2,46,49,50)(H,51,54,59)/t30?,35?,36-,37+,38+,44+/m0/s1. The molecule has 2 unspecified atom stereocenters. The molecule has 3 aliphatic heterocycles. The van der Waals surface area contributed by atoms with Gasteiger partial charge in [-0.25, -0.2) is 9.97 Å². The molecule has 2 aromatic heterocycles. The van der Waals surface area contributed by atoms with Crippen LogP contribution in [-0.4, -0.2) is 174 Å². The fraction of sp³-hybridized carbons (Fsp3) is 0.477. The van der Waals surface area contributed by atoms with Crippen LogP contribution in [0.4, 0.5) is 11.5 Å². The molecule has 5 heterocycles. The minimum absolute atomic E-state index is 0.0452. The number of benzene rings is 2. The molecule has 0 spiro atoms. The lowest BCUT2D eigenvalue weighted by atomic mass is 9.99. The molecule has 2 fully saturated rings. The molecule has 3 aliphatic rings. The lowest BCUT2D eigenvalue weighted by Crippen LogP contribution is -2.54. The summed E-state index contributed by atoms with van der Waals surface area (Å²) >= 11 is 6.30. The molecule has 366 valence electrons. The number of carbonyl (C=O) groups is 5. The average Bonchev–Trinajstić information content (AvgIpc) is 3.97. The van der Waals surface area contributed by atoms with Crippen LogP contribution in [0.5, 0.6) is 5.75 Å². The van der Waals surface area contributed by atoms with Crippen LogP contribution in [0, 0.1) is 0 Å². The number of aliphatic hydroxyl groups is 3. The monoisotopic (exact) mass is 968 g/mol. The van der Waals surface area contributed by atoms with E-state index in [-0.39, 0.29) is 65.9 Å². The quantitative estimate of drug-likeness (QED) is 0.0325. The number of rotatable bonds is 26. The van der Waals surface area contributed by atoms with Crippen molar-refractivity contribution in [1.29, 1.82) is 0 Å². The summed E-state index contributed by atoms with van der Waals surface area (Å²) in [4.78, 5) is 71.6. The molecule has 0 radical (unpaired) electrons. The van der Waals surface area contributed by atoms with Crippen LogP contribution in [-0.2, 0) is 42.8 Å². The van der Waals surface area contributed by atoms with Crippen molar-refractivity contribution in [2.75, 3.05) is 96.8 Å². The Morgan fingerprint density at radius 2 is 1.56 bits per heavy atom. The molecule has 8 N–H and O–H groups in total. The molecule has 23 nitrogen and oxygen atoms in total. The Kier molecular flexibility index (Phi) is 17.6. The lowest BCUT2D eigenvalue weighted by Gasteiger charge is -2.27. The van der Waals surface area contributed by atoms with Gasteiger partial charge < -0.3 is 69.4 Å². The number of nitrogens with one attached hydrogen (secondary N) is 3. The first-order valence-corrected chi connectivity index (χ1v) is 22.2. The van der Waals surface area contributed by atoms with Crippen molar-refractivity contribution in [2.45, 2.75) is 49.5 Å². The van der Waals surface area contributed by atoms with E-state index in [0.29, 0.717) is 82.7 Å². The Bertz CT molecular complexity index is 2430. The number of nitrogen functional groups attached to an aromatic ring is 1. The average molecular weight is 969 g/mol. The Morgan fingerprint density at radius 1 is 0.882 bits per heavy atom. The number of aromatic nitrogens is 3. The molecule has 7 rings (SSSR count). The maximum atomic E-state index is 13.2. The number of halogens is 1. The summed E-state index contributed by atoms with van der Waals surface area (Å²) < 4.78 is 40.7. The van der Waals surface area contributed by atoms with Gasteiger partial charge in [0.25, 0.3) is 17.7 Å². The molecule has 4 aromatic rings. The van der Waals surface area contributed by atoms with E-state index in [9.17, 15) is 39.3 Å². The summed E-state index contributed by atoms with van der Waals surface area (Å²) in [6.45, 7) is 3.42. The van der Waals surface area contributed by atoms with Gasteiger partial charge in [0.15, 0.2) is 12.8 Å². The SMILES string of the molecule is Nc1ncnc2c1ccn2[C@@H]1O[C@H](C(O)c2ccc(Cl)c(OCC(=O)NCCOCCOCCOCCOCCOCCNc3cccc4c3C(=O)N(C3CCC(=O)NC3=O)C4=O)c2)[C@@H](O)[C@H]1O. The fourth-order valence-corrected chi connectivity index (χ4v) is 7.91. The van der Waals surface area contributed by atoms with E-state index < -0.39 is 66.2 Å². The zero-order valence-corrected chi connectivity index (χ0v) is 37.5. The van der Waals surface area contributed by atoms with Gasteiger partial charge in [0.1, 0.15) is 54.0 Å². The first-order chi connectivity index (χ1) is 32.9. The Labute approximate surface area is 394 Å². The first kappa shape index (κ1) is 50.0. The van der Waals surface area contributed by atoms with E-state index in [1.807, 2.05) is 0 Å². The van der Waals surface area contributed by atoms with Gasteiger partial charge >= 0.3 is 0 Å². The summed E-state index contributed by atoms with van der Waals surface area (Å²) in [7, 11) is 0. The summed E-state index contributed by atoms with van der Waals surface area (Å²) in [5, 5.41) is 41.6. The van der Waals surface area contributed by atoms with Gasteiger partial charge in [-0.2, -0.15) is 0 Å². The smallest absolute Gasteiger partial charge is 0.264 e. The molecule has 0 bridgehead atoms. The number of ether oxygens (including phenoxy) is 7. The number of aliphatic hydroxyl groups excluding tert-OH is 3. The van der Waals surface area contributed by atoms with Gasteiger partial charge in [-0.3, -0.25) is 34.2 Å². The van der Waals surface area contributed by atoms with Crippen molar-refractivity contribution >= 4 is 63.7 Å². The van der Waals surface area contributed by atoms with Crippen molar-refractivity contribution in [2.24, 2.45) is 0 Å². The predicted octanol–water partition coefficient (Wildman–Crippen LogP) is 0.111. The lowest BCUT2D eigenvalue weighted by molar-refractivity contribution is -0.136. The van der Waals surface area contributed by atoms with E-state index in [4.69, 9.17) is 50.5 Å². The fourth-order valence-electron chi connectivity index (χ4n) is 7.74. The highest BCUT2D eigenvalue weighted by molar-refractivity contribution is 6.32. The van der Waals surface area contributed by atoms with Gasteiger partial charge in [-0.15, -0.1) is 0 Å². The van der Waals surface area contributed by atoms with Crippen LogP contribution in [0.15, 0.2) is 55.0 Å². The maximum Gasteiger partial charge on any atom is 0.264 e. The number of amides is 5. The summed E-state index contributed by atoms with van der Waals surface area (Å²) in [5.41, 5.74) is 7.41. The highest BCUT2D eigenvalue weighted by atomic mass is 35.5. The molecule has 2 saturated heterocycles. The van der Waals surface area contributed by atoms with E-state index in [1.54, 1.807) is 24.4 Å². The second-order valence-corrected chi connectivity index (χ2v) is 16.0. The number of carbonyl (C=O) groups excluding carboxylic acids is 5. The summed E-state index contributed by atoms with van der Waals surface area (Å²) in [6, 6.07) is 9.90. The second kappa shape index (κ2) is 23.9. The molecule has 0 saturated carbocycles. The van der Waals surface area contributed by atoms with Crippen molar-refractivity contribution in [3.8, 4) is 5.75 Å². The number of nitrogens with two attached hydrogens (primary N) is 1. The molecule has 6 atom stereocenters. The van der Waals surface area contributed by atoms with E-state index in [2.05, 4.69) is 25.9 Å². The number of anilines is 2. The van der Waals surface area contributed by atoms with E-state index in [1.165, 1.54) is 35.2 Å². The molecule has 0 aliphatic carbocycles. The van der Waals surface area contributed by atoms with Gasteiger partial charge in [-0.05, 0) is 42.3 Å². The molecule has 68 heavy (non-hydrogen) atoms. The third-order valence-electron chi connectivity index (χ3n) is 11.1. The van der Waals surface area contributed by atoms with Crippen LogP contribution in [0.2, 0.25) is 5.02 Å². The normalized spacial score (nSPS) is 20.8. The van der Waals surface area contributed by atoms with Gasteiger partial charge in [-0.1, -0.05) is 23.7 Å². The number of hydrogen-bond donors (Lipinski definition) is 7. The minimum atomic E-state index is -1.47. The van der Waals surface area contributed by atoms with Crippen molar-refractivity contribution in [3.63, 3.8) is 0 Å². The highest BCUT2D eigenvalue weighted by Crippen LogP contribution is 2.39. The Balaban J connectivity index is 0.672. The van der Waals surface area contributed by atoms with Crippen LogP contribution in [0.25, 0.3) is 11.0 Å². The van der Waals surface area contributed by atoms with Crippen molar-refractivity contribution < 1.29 is 72.5 Å². The third-order valence-corrected chi connectivity index (χ3v) is 11.5. The van der Waals surface area contributed by atoms with Crippen molar-refractivity contribution in [3.05, 3.63) is 76.7 Å². The molecule has 5 amide bonds. The van der Waals surface area contributed by atoms with Gasteiger partial charge in [0, 0.05) is 31.4 Å². The minimum Gasteiger partial charge on any atom is -0.482 e. The number of imide groups is 2. The van der Waals surface area contributed by atoms with E-state index in [0.717, 1.165) is 4.90 Å². The van der Waals surface area contributed by atoms with Crippen molar-refractivity contribution in [1.82, 2.24) is 30.1 Å². The second-order valence-electron chi connectivity index (χ2n) is 15.6. The third kappa shape index (κ3) is 12.0. The molecule has 24 heteroatoms. The first-order valence-electron chi connectivity index (χ1n) is 21.9. The van der Waals surface area contributed by atoms with Crippen LogP contribution < -0.4 is 26.4 Å². The molecule has 2 aromatic carbocycles. The number of hydrogen-bond acceptors (Lipinski definition) is 19. The van der Waals surface area contributed by atoms with Crippen LogP contribution in [0.1, 0.15) is 51.5 Å². The number of fused-ring (bicyclic) bond motifs is 2. The van der Waals surface area contributed by atoms with Gasteiger partial charge in [0.05, 0.1) is 87.6 Å². The maximum absolute atomic E-state index is 13.2. The zero-order valence-electron chi connectivity index (χ0n) is 36.8. The van der Waals surface area contributed by atoms with Crippen LogP contribution >= 0.6 is 11.6 Å². The Hall–Kier alpha value is -5.86. The zero-order chi connectivity index (χ0) is 48.2. The molecular formula is C44H53ClN8O15. The number of piperidine rings is 1. The highest BCUT2D eigenvalue weighted by Gasteiger charge is 2.48. The summed E-state index contributed by atoms with van der Waals surface area (Å²) in [6.07, 6.45) is -3.61. The topological polar surface area (TPSA) is 307 Å². The van der Waals surface area contributed by atoms with Crippen LogP contribution in [0.3, 0.4) is 0 Å². The summed E-state index contributed by atoms with van der Waals surface area (Å²) in [5.74, 6) is -2.34. The molecular weight excluding hydrogens is 916 g/mol. The number of nitrogens with zero attached hydrogens (tertiary/aromatic N) is 4. The van der Waals surface area contributed by atoms with E-state index >= 15 is 0 Å². The Morgan fingerprint density at radius 3 is 2.25 bits per heavy atom. The largest absolute Gasteiger partial charge is 0.482 e. The predicted molar refractivity (Wildman–Crippen MR) is 238 cm³/mol. The van der Waals surface area contributed by atoms with Gasteiger partial charge in [0.2, 0.25) is 11.8 Å².